The van der Waals surface area contributed by atoms with E-state index in [0.717, 1.165) is 42.5 Å². The first-order chi connectivity index (χ1) is 9.29. The molecule has 1 aromatic heterocycles. The van der Waals surface area contributed by atoms with Crippen molar-refractivity contribution in [2.75, 3.05) is 13.2 Å². The van der Waals surface area contributed by atoms with Crippen LogP contribution in [0.25, 0.3) is 11.0 Å². The van der Waals surface area contributed by atoms with Gasteiger partial charge in [-0.15, -0.1) is 11.6 Å². The van der Waals surface area contributed by atoms with E-state index in [1.165, 1.54) is 18.4 Å². The average molecular weight is 279 g/mol. The van der Waals surface area contributed by atoms with Gasteiger partial charge in [-0.3, -0.25) is 0 Å². The number of halogens is 1. The van der Waals surface area contributed by atoms with Crippen LogP contribution in [0, 0.1) is 12.8 Å². The lowest BCUT2D eigenvalue weighted by atomic mass is 10.2. The monoisotopic (exact) mass is 278 g/mol. The van der Waals surface area contributed by atoms with Crippen LogP contribution in [0.2, 0.25) is 0 Å². The molecule has 1 aromatic carbocycles. The summed E-state index contributed by atoms with van der Waals surface area (Å²) < 4.78 is 7.90. The molecule has 0 unspecified atom stereocenters. The van der Waals surface area contributed by atoms with E-state index in [1.807, 2.05) is 0 Å². The number of fused-ring (bicyclic) bond motifs is 1. The third-order valence-corrected chi connectivity index (χ3v) is 3.93. The molecule has 0 aliphatic heterocycles. The zero-order chi connectivity index (χ0) is 13.2. The van der Waals surface area contributed by atoms with E-state index < -0.39 is 0 Å². The van der Waals surface area contributed by atoms with Crippen LogP contribution in [0.3, 0.4) is 0 Å². The van der Waals surface area contributed by atoms with Crippen LogP contribution in [0.1, 0.15) is 24.2 Å². The molecule has 0 spiro atoms. The number of ether oxygens (including phenoxy) is 1. The Hall–Kier alpha value is -1.06. The van der Waals surface area contributed by atoms with E-state index in [9.17, 15) is 0 Å². The van der Waals surface area contributed by atoms with Crippen molar-refractivity contribution in [2.45, 2.75) is 32.2 Å². The number of rotatable bonds is 6. The predicted octanol–water partition coefficient (Wildman–Crippen LogP) is 3.51. The summed E-state index contributed by atoms with van der Waals surface area (Å²) >= 11 is 6.00. The first-order valence-corrected chi connectivity index (χ1v) is 7.41. The van der Waals surface area contributed by atoms with Crippen molar-refractivity contribution < 1.29 is 4.74 Å². The fraction of sp³-hybridized carbons (Fsp3) is 0.533. The quantitative estimate of drug-likeness (QED) is 0.597. The summed E-state index contributed by atoms with van der Waals surface area (Å²) in [5, 5.41) is 0. The molecule has 3 nitrogen and oxygen atoms in total. The van der Waals surface area contributed by atoms with Crippen molar-refractivity contribution in [1.29, 1.82) is 0 Å². The normalized spacial score (nSPS) is 15.3. The number of benzene rings is 1. The van der Waals surface area contributed by atoms with Crippen molar-refractivity contribution in [3.05, 3.63) is 29.6 Å². The Bertz CT molecular complexity index is 575. The zero-order valence-electron chi connectivity index (χ0n) is 11.2. The van der Waals surface area contributed by atoms with Gasteiger partial charge in [0.05, 0.1) is 23.5 Å². The Morgan fingerprint density at radius 1 is 1.42 bits per heavy atom. The largest absolute Gasteiger partial charge is 0.379 e. The maximum absolute atomic E-state index is 6.00. The van der Waals surface area contributed by atoms with Gasteiger partial charge >= 0.3 is 0 Å². The fourth-order valence-electron chi connectivity index (χ4n) is 2.38. The Morgan fingerprint density at radius 3 is 3.00 bits per heavy atom. The predicted molar refractivity (Wildman–Crippen MR) is 77.6 cm³/mol. The minimum atomic E-state index is 0.441. The number of para-hydroxylation sites is 1. The van der Waals surface area contributed by atoms with Crippen LogP contribution in [0.4, 0.5) is 0 Å². The highest BCUT2D eigenvalue weighted by Gasteiger charge is 2.21. The van der Waals surface area contributed by atoms with Crippen molar-refractivity contribution in [3.8, 4) is 0 Å². The first kappa shape index (κ1) is 12.9. The van der Waals surface area contributed by atoms with Gasteiger partial charge in [0.1, 0.15) is 5.82 Å². The summed E-state index contributed by atoms with van der Waals surface area (Å²) in [7, 11) is 0. The highest BCUT2D eigenvalue weighted by Crippen LogP contribution is 2.28. The molecule has 1 saturated carbocycles. The van der Waals surface area contributed by atoms with Crippen LogP contribution in [0.5, 0.6) is 0 Å². The van der Waals surface area contributed by atoms with Gasteiger partial charge in [0, 0.05) is 13.2 Å². The van der Waals surface area contributed by atoms with Gasteiger partial charge in [0.15, 0.2) is 0 Å². The fourth-order valence-corrected chi connectivity index (χ4v) is 2.58. The van der Waals surface area contributed by atoms with Gasteiger partial charge in [-0.25, -0.2) is 4.98 Å². The van der Waals surface area contributed by atoms with Gasteiger partial charge in [0.2, 0.25) is 0 Å². The molecule has 3 rings (SSSR count). The number of nitrogens with zero attached hydrogens (tertiary/aromatic N) is 2. The maximum atomic E-state index is 6.00. The van der Waals surface area contributed by atoms with Gasteiger partial charge in [-0.05, 0) is 37.3 Å². The van der Waals surface area contributed by atoms with Crippen molar-refractivity contribution in [3.63, 3.8) is 0 Å². The van der Waals surface area contributed by atoms with E-state index >= 15 is 0 Å². The van der Waals surface area contributed by atoms with E-state index in [0.29, 0.717) is 5.88 Å². The summed E-state index contributed by atoms with van der Waals surface area (Å²) in [5.74, 6) is 2.19. The molecule has 4 heteroatoms. The number of alkyl halides is 1. The molecule has 102 valence electrons. The summed E-state index contributed by atoms with van der Waals surface area (Å²) in [6, 6.07) is 6.26. The van der Waals surface area contributed by atoms with Gasteiger partial charge in [-0.2, -0.15) is 0 Å². The van der Waals surface area contributed by atoms with Gasteiger partial charge in [-0.1, -0.05) is 12.1 Å². The molecule has 1 fully saturated rings. The van der Waals surface area contributed by atoms with Crippen LogP contribution >= 0.6 is 11.6 Å². The number of aromatic nitrogens is 2. The summed E-state index contributed by atoms with van der Waals surface area (Å²) in [4.78, 5) is 4.63. The minimum Gasteiger partial charge on any atom is -0.379 e. The van der Waals surface area contributed by atoms with Crippen LogP contribution < -0.4 is 0 Å². The van der Waals surface area contributed by atoms with Gasteiger partial charge in [0.25, 0.3) is 0 Å². The molecule has 0 atom stereocenters. The first-order valence-electron chi connectivity index (χ1n) is 6.88. The SMILES string of the molecule is Cc1cccc2c1nc(CCl)n2CCOCC1CC1. The van der Waals surface area contributed by atoms with Crippen LogP contribution in [-0.2, 0) is 17.2 Å². The second-order valence-electron chi connectivity index (χ2n) is 5.27. The highest BCUT2D eigenvalue weighted by molar-refractivity contribution is 6.16. The Balaban J connectivity index is 1.77. The van der Waals surface area contributed by atoms with E-state index in [1.54, 1.807) is 0 Å². The van der Waals surface area contributed by atoms with Crippen molar-refractivity contribution in [2.24, 2.45) is 5.92 Å². The lowest BCUT2D eigenvalue weighted by Crippen LogP contribution is -2.09. The Morgan fingerprint density at radius 2 is 2.26 bits per heavy atom. The van der Waals surface area contributed by atoms with E-state index in [-0.39, 0.29) is 0 Å². The summed E-state index contributed by atoms with van der Waals surface area (Å²) in [6.07, 6.45) is 2.67. The smallest absolute Gasteiger partial charge is 0.124 e. The van der Waals surface area contributed by atoms with E-state index in [2.05, 4.69) is 34.7 Å². The summed E-state index contributed by atoms with van der Waals surface area (Å²) in [6.45, 7) is 4.55. The highest BCUT2D eigenvalue weighted by atomic mass is 35.5. The van der Waals surface area contributed by atoms with Crippen LogP contribution in [0.15, 0.2) is 18.2 Å². The topological polar surface area (TPSA) is 27.1 Å². The third kappa shape index (κ3) is 2.77. The standard InChI is InChI=1S/C15H19ClN2O/c1-11-3-2-4-13-15(11)17-14(9-16)18(13)7-8-19-10-12-5-6-12/h2-4,12H,5-10H2,1H3. The maximum Gasteiger partial charge on any atom is 0.124 e. The number of hydrogen-bond donors (Lipinski definition) is 0. The second kappa shape index (κ2) is 5.51. The Kier molecular flexibility index (Phi) is 3.76. The third-order valence-electron chi connectivity index (χ3n) is 3.69. The molecule has 0 saturated heterocycles. The molecule has 1 heterocycles. The molecule has 0 bridgehead atoms. The molecule has 19 heavy (non-hydrogen) atoms. The van der Waals surface area contributed by atoms with Crippen LogP contribution in [-0.4, -0.2) is 22.8 Å². The van der Waals surface area contributed by atoms with Gasteiger partial charge < -0.3 is 9.30 Å². The number of imidazole rings is 1. The molecule has 0 amide bonds. The molecule has 0 radical (unpaired) electrons. The molecule has 2 aromatic rings. The molecular formula is C15H19ClN2O. The molecule has 0 N–H and O–H groups in total. The molecule has 1 aliphatic rings. The van der Waals surface area contributed by atoms with Crippen molar-refractivity contribution >= 4 is 22.6 Å². The lowest BCUT2D eigenvalue weighted by Gasteiger charge is -2.08. The number of aryl methyl sites for hydroxylation is 1. The molecule has 1 aliphatic carbocycles. The molecular weight excluding hydrogens is 260 g/mol. The second-order valence-corrected chi connectivity index (χ2v) is 5.54. The van der Waals surface area contributed by atoms with Crippen molar-refractivity contribution in [1.82, 2.24) is 9.55 Å². The number of hydrogen-bond acceptors (Lipinski definition) is 2. The Labute approximate surface area is 118 Å². The van der Waals surface area contributed by atoms with E-state index in [4.69, 9.17) is 16.3 Å². The lowest BCUT2D eigenvalue weighted by molar-refractivity contribution is 0.117. The zero-order valence-corrected chi connectivity index (χ0v) is 12.0. The average Bonchev–Trinajstić information content (AvgIpc) is 3.16. The minimum absolute atomic E-state index is 0.441. The summed E-state index contributed by atoms with van der Waals surface area (Å²) in [5.41, 5.74) is 3.41.